The van der Waals surface area contributed by atoms with Gasteiger partial charge >= 0.3 is 0 Å². The van der Waals surface area contributed by atoms with Crippen molar-refractivity contribution in [2.24, 2.45) is 5.73 Å². The summed E-state index contributed by atoms with van der Waals surface area (Å²) in [6.45, 7) is 1.72. The predicted octanol–water partition coefficient (Wildman–Crippen LogP) is 2.60. The van der Waals surface area contributed by atoms with E-state index in [0.29, 0.717) is 43.1 Å². The Bertz CT molecular complexity index is 1240. The molecule has 0 atom stereocenters. The number of anilines is 1. The maximum absolute atomic E-state index is 11.8. The standard InChI is InChI=1S/C22H20N6O2/c23-20(29)15-7-4-8-19-16(15)12-25-28(19)22-26-18-9-10-30-13-17(18)21(27-22)24-11-14-5-2-1-3-6-14/h1-8,12H,9-11,13H2,(H2,23,29)(H,24,26,27). The first-order valence-electron chi connectivity index (χ1n) is 9.73. The number of fused-ring (bicyclic) bond motifs is 2. The lowest BCUT2D eigenvalue weighted by Crippen LogP contribution is -2.19. The lowest BCUT2D eigenvalue weighted by atomic mass is 10.1. The second-order valence-corrected chi connectivity index (χ2v) is 7.10. The van der Waals surface area contributed by atoms with Gasteiger partial charge in [-0.25, -0.2) is 4.98 Å². The van der Waals surface area contributed by atoms with Crippen LogP contribution in [0.15, 0.2) is 54.7 Å². The molecule has 0 fully saturated rings. The summed E-state index contributed by atoms with van der Waals surface area (Å²) < 4.78 is 7.28. The average Bonchev–Trinajstić information content (AvgIpc) is 3.22. The minimum atomic E-state index is -0.492. The molecule has 3 heterocycles. The molecule has 8 nitrogen and oxygen atoms in total. The highest BCUT2D eigenvalue weighted by molar-refractivity contribution is 6.05. The summed E-state index contributed by atoms with van der Waals surface area (Å²) in [6.07, 6.45) is 2.33. The second kappa shape index (κ2) is 7.57. The molecule has 1 amide bonds. The third-order valence-electron chi connectivity index (χ3n) is 5.18. The van der Waals surface area contributed by atoms with Crippen LogP contribution in [-0.4, -0.2) is 32.3 Å². The van der Waals surface area contributed by atoms with Crippen molar-refractivity contribution in [3.63, 3.8) is 0 Å². The summed E-state index contributed by atoms with van der Waals surface area (Å²) >= 11 is 0. The second-order valence-electron chi connectivity index (χ2n) is 7.10. The van der Waals surface area contributed by atoms with Crippen molar-refractivity contribution < 1.29 is 9.53 Å². The molecule has 150 valence electrons. The SMILES string of the molecule is NC(=O)c1cccc2c1cnn2-c1nc2c(c(NCc3ccccc3)n1)COCC2. The molecule has 5 rings (SSSR count). The number of hydrogen-bond donors (Lipinski definition) is 2. The van der Waals surface area contributed by atoms with Gasteiger partial charge in [0.15, 0.2) is 0 Å². The summed E-state index contributed by atoms with van der Waals surface area (Å²) in [4.78, 5) is 21.3. The molecule has 0 saturated carbocycles. The number of nitrogens with zero attached hydrogens (tertiary/aromatic N) is 4. The van der Waals surface area contributed by atoms with Crippen LogP contribution in [-0.2, 0) is 24.3 Å². The molecule has 30 heavy (non-hydrogen) atoms. The van der Waals surface area contributed by atoms with E-state index < -0.39 is 5.91 Å². The summed E-state index contributed by atoms with van der Waals surface area (Å²) in [5.41, 5.74) is 9.72. The van der Waals surface area contributed by atoms with E-state index in [1.54, 1.807) is 23.0 Å². The number of hydrogen-bond acceptors (Lipinski definition) is 6. The molecule has 8 heteroatoms. The fraction of sp³-hybridized carbons (Fsp3) is 0.182. The molecule has 3 N–H and O–H groups in total. The van der Waals surface area contributed by atoms with Crippen LogP contribution >= 0.6 is 0 Å². The number of primary amides is 1. The Morgan fingerprint density at radius 2 is 2.00 bits per heavy atom. The van der Waals surface area contributed by atoms with Gasteiger partial charge in [0.1, 0.15) is 5.82 Å². The zero-order valence-corrected chi connectivity index (χ0v) is 16.2. The number of amides is 1. The van der Waals surface area contributed by atoms with Gasteiger partial charge in [-0.3, -0.25) is 4.79 Å². The van der Waals surface area contributed by atoms with Crippen molar-refractivity contribution in [1.82, 2.24) is 19.7 Å². The Morgan fingerprint density at radius 1 is 1.13 bits per heavy atom. The first kappa shape index (κ1) is 18.3. The molecule has 0 spiro atoms. The van der Waals surface area contributed by atoms with Gasteiger partial charge in [0.2, 0.25) is 5.91 Å². The molecule has 0 bridgehead atoms. The number of benzene rings is 2. The monoisotopic (exact) mass is 400 g/mol. The topological polar surface area (TPSA) is 108 Å². The minimum Gasteiger partial charge on any atom is -0.376 e. The van der Waals surface area contributed by atoms with Crippen molar-refractivity contribution in [3.05, 3.63) is 77.1 Å². The lowest BCUT2D eigenvalue weighted by molar-refractivity contribution is 0.100. The molecular formula is C22H20N6O2. The van der Waals surface area contributed by atoms with Crippen molar-refractivity contribution >= 4 is 22.6 Å². The molecule has 1 aliphatic heterocycles. The van der Waals surface area contributed by atoms with Gasteiger partial charge in [-0.15, -0.1) is 0 Å². The minimum absolute atomic E-state index is 0.424. The van der Waals surface area contributed by atoms with E-state index >= 15 is 0 Å². The summed E-state index contributed by atoms with van der Waals surface area (Å²) in [5.74, 6) is 0.685. The molecule has 2 aromatic carbocycles. The maximum Gasteiger partial charge on any atom is 0.253 e. The normalized spacial score (nSPS) is 13.2. The molecular weight excluding hydrogens is 380 g/mol. The predicted molar refractivity (Wildman–Crippen MR) is 112 cm³/mol. The van der Waals surface area contributed by atoms with Crippen molar-refractivity contribution in [1.29, 1.82) is 0 Å². The summed E-state index contributed by atoms with van der Waals surface area (Å²) in [6, 6.07) is 15.5. The van der Waals surface area contributed by atoms with Crippen LogP contribution in [0, 0.1) is 0 Å². The third kappa shape index (κ3) is 3.27. The highest BCUT2D eigenvalue weighted by Gasteiger charge is 2.21. The first-order valence-corrected chi connectivity index (χ1v) is 9.73. The summed E-state index contributed by atoms with van der Waals surface area (Å²) in [5, 5.41) is 8.54. The van der Waals surface area contributed by atoms with Crippen LogP contribution in [0.4, 0.5) is 5.82 Å². The first-order chi connectivity index (χ1) is 14.7. The van der Waals surface area contributed by atoms with Gasteiger partial charge in [0, 0.05) is 23.9 Å². The van der Waals surface area contributed by atoms with Crippen molar-refractivity contribution in [3.8, 4) is 5.95 Å². The molecule has 4 aromatic rings. The van der Waals surface area contributed by atoms with Crippen LogP contribution < -0.4 is 11.1 Å². The van der Waals surface area contributed by atoms with E-state index in [2.05, 4.69) is 22.5 Å². The number of aromatic nitrogens is 4. The van der Waals surface area contributed by atoms with Gasteiger partial charge in [-0.05, 0) is 17.7 Å². The van der Waals surface area contributed by atoms with Crippen LogP contribution in [0.2, 0.25) is 0 Å². The number of carbonyl (C=O) groups excluding carboxylic acids is 1. The van der Waals surface area contributed by atoms with Crippen LogP contribution in [0.25, 0.3) is 16.9 Å². The highest BCUT2D eigenvalue weighted by Crippen LogP contribution is 2.26. The van der Waals surface area contributed by atoms with E-state index in [1.165, 1.54) is 0 Å². The summed E-state index contributed by atoms with van der Waals surface area (Å²) in [7, 11) is 0. The van der Waals surface area contributed by atoms with E-state index in [-0.39, 0.29) is 0 Å². The van der Waals surface area contributed by atoms with Gasteiger partial charge in [-0.1, -0.05) is 36.4 Å². The van der Waals surface area contributed by atoms with Crippen LogP contribution in [0.5, 0.6) is 0 Å². The Kier molecular flexibility index (Phi) is 4.61. The largest absolute Gasteiger partial charge is 0.376 e. The van der Waals surface area contributed by atoms with Crippen molar-refractivity contribution in [2.75, 3.05) is 11.9 Å². The molecule has 0 unspecified atom stereocenters. The Labute approximate surface area is 172 Å². The van der Waals surface area contributed by atoms with E-state index in [4.69, 9.17) is 20.4 Å². The fourth-order valence-corrected chi connectivity index (χ4v) is 3.67. The third-order valence-corrected chi connectivity index (χ3v) is 5.18. The molecule has 0 aliphatic carbocycles. The van der Waals surface area contributed by atoms with E-state index in [1.807, 2.05) is 24.3 Å². The molecule has 0 radical (unpaired) electrons. The van der Waals surface area contributed by atoms with Gasteiger partial charge in [-0.2, -0.15) is 14.8 Å². The van der Waals surface area contributed by atoms with Gasteiger partial charge < -0.3 is 15.8 Å². The zero-order chi connectivity index (χ0) is 20.5. The number of nitrogens with one attached hydrogen (secondary N) is 1. The fourth-order valence-electron chi connectivity index (χ4n) is 3.67. The van der Waals surface area contributed by atoms with E-state index in [0.717, 1.165) is 28.2 Å². The van der Waals surface area contributed by atoms with Crippen LogP contribution in [0.3, 0.4) is 0 Å². The highest BCUT2D eigenvalue weighted by atomic mass is 16.5. The van der Waals surface area contributed by atoms with E-state index in [9.17, 15) is 4.79 Å². The Balaban J connectivity index is 1.58. The number of carbonyl (C=O) groups is 1. The molecule has 0 saturated heterocycles. The van der Waals surface area contributed by atoms with Gasteiger partial charge in [0.25, 0.3) is 5.95 Å². The Hall–Kier alpha value is -3.78. The Morgan fingerprint density at radius 3 is 2.83 bits per heavy atom. The van der Waals surface area contributed by atoms with Crippen LogP contribution in [0.1, 0.15) is 27.2 Å². The number of nitrogens with two attached hydrogens (primary N) is 1. The smallest absolute Gasteiger partial charge is 0.253 e. The van der Waals surface area contributed by atoms with Gasteiger partial charge in [0.05, 0.1) is 36.2 Å². The average molecular weight is 400 g/mol. The quantitative estimate of drug-likeness (QED) is 0.533. The molecule has 1 aliphatic rings. The zero-order valence-electron chi connectivity index (χ0n) is 16.2. The number of rotatable bonds is 5. The van der Waals surface area contributed by atoms with Crippen molar-refractivity contribution in [2.45, 2.75) is 19.6 Å². The number of ether oxygens (including phenoxy) is 1. The lowest BCUT2D eigenvalue weighted by Gasteiger charge is -2.20. The molecule has 2 aromatic heterocycles. The maximum atomic E-state index is 11.8.